The Labute approximate surface area is 130 Å². The van der Waals surface area contributed by atoms with E-state index in [-0.39, 0.29) is 12.5 Å². The monoisotopic (exact) mass is 297 g/mol. The van der Waals surface area contributed by atoms with Crippen LogP contribution in [0.3, 0.4) is 0 Å². The van der Waals surface area contributed by atoms with Gasteiger partial charge in [0.15, 0.2) is 11.5 Å². The lowest BCUT2D eigenvalue weighted by molar-refractivity contribution is -0.127. The van der Waals surface area contributed by atoms with Gasteiger partial charge in [-0.1, -0.05) is 30.3 Å². The van der Waals surface area contributed by atoms with Gasteiger partial charge in [0.05, 0.1) is 0 Å². The minimum Gasteiger partial charge on any atom is -0.485 e. The Kier molecular flexibility index (Phi) is 4.00. The zero-order chi connectivity index (χ0) is 15.5. The number of anilines is 1. The second-order valence-electron chi connectivity index (χ2n) is 5.23. The fourth-order valence-corrected chi connectivity index (χ4v) is 2.63. The Morgan fingerprint density at radius 1 is 1.14 bits per heavy atom. The van der Waals surface area contributed by atoms with Crippen molar-refractivity contribution in [2.45, 2.75) is 20.0 Å². The number of benzene rings is 2. The molecular formula is C18H19NO3. The van der Waals surface area contributed by atoms with Crippen molar-refractivity contribution in [3.8, 4) is 11.5 Å². The van der Waals surface area contributed by atoms with Crippen LogP contribution in [0.5, 0.6) is 11.5 Å². The van der Waals surface area contributed by atoms with E-state index in [1.54, 1.807) is 4.90 Å². The summed E-state index contributed by atoms with van der Waals surface area (Å²) in [5.74, 6) is 1.23. The summed E-state index contributed by atoms with van der Waals surface area (Å²) in [7, 11) is 0. The first-order chi connectivity index (χ1) is 10.7. The van der Waals surface area contributed by atoms with E-state index in [4.69, 9.17) is 9.47 Å². The minimum atomic E-state index is -0.616. The highest BCUT2D eigenvalue weighted by Crippen LogP contribution is 2.32. The van der Waals surface area contributed by atoms with Gasteiger partial charge in [0.25, 0.3) is 5.91 Å². The van der Waals surface area contributed by atoms with Crippen molar-refractivity contribution in [3.05, 3.63) is 54.1 Å². The van der Waals surface area contributed by atoms with Gasteiger partial charge in [-0.3, -0.25) is 4.79 Å². The van der Waals surface area contributed by atoms with Gasteiger partial charge in [-0.05, 0) is 37.6 Å². The Morgan fingerprint density at radius 2 is 1.82 bits per heavy atom. The fraction of sp³-hybridized carbons (Fsp3) is 0.278. The third-order valence-electron chi connectivity index (χ3n) is 3.77. The highest BCUT2D eigenvalue weighted by atomic mass is 16.6. The average molecular weight is 297 g/mol. The summed E-state index contributed by atoms with van der Waals surface area (Å²) in [6.07, 6.45) is -0.616. The number of carbonyl (C=O) groups is 1. The van der Waals surface area contributed by atoms with Crippen LogP contribution in [0.1, 0.15) is 12.5 Å². The maximum absolute atomic E-state index is 12.8. The van der Waals surface area contributed by atoms with Crippen LogP contribution < -0.4 is 14.4 Å². The molecule has 1 heterocycles. The van der Waals surface area contributed by atoms with Crippen molar-refractivity contribution < 1.29 is 14.3 Å². The molecule has 1 atom stereocenters. The van der Waals surface area contributed by atoms with Crippen LogP contribution in [0, 0.1) is 6.92 Å². The molecule has 0 aliphatic carbocycles. The van der Waals surface area contributed by atoms with E-state index in [9.17, 15) is 4.79 Å². The number of ether oxygens (including phenoxy) is 2. The number of amides is 1. The standard InChI is InChI=1S/C18H19NO3/c1-3-19(14-9-5-4-8-13(14)2)18(20)17-12-21-15-10-6-7-11-16(15)22-17/h4-11,17H,3,12H2,1-2H3/t17-/m1/s1. The van der Waals surface area contributed by atoms with Gasteiger partial charge in [0.1, 0.15) is 6.61 Å². The first-order valence-corrected chi connectivity index (χ1v) is 7.46. The van der Waals surface area contributed by atoms with Gasteiger partial charge in [0.2, 0.25) is 6.10 Å². The molecule has 2 aromatic rings. The Bertz CT molecular complexity index is 684. The number of para-hydroxylation sites is 3. The van der Waals surface area contributed by atoms with Gasteiger partial charge in [-0.25, -0.2) is 0 Å². The van der Waals surface area contributed by atoms with Crippen molar-refractivity contribution in [2.75, 3.05) is 18.1 Å². The number of fused-ring (bicyclic) bond motifs is 1. The normalized spacial score (nSPS) is 16.2. The third kappa shape index (κ3) is 2.64. The van der Waals surface area contributed by atoms with Gasteiger partial charge in [-0.15, -0.1) is 0 Å². The van der Waals surface area contributed by atoms with Gasteiger partial charge >= 0.3 is 0 Å². The molecule has 0 radical (unpaired) electrons. The highest BCUT2D eigenvalue weighted by molar-refractivity contribution is 5.97. The Hall–Kier alpha value is -2.49. The average Bonchev–Trinajstić information content (AvgIpc) is 2.56. The summed E-state index contributed by atoms with van der Waals surface area (Å²) in [4.78, 5) is 14.6. The van der Waals surface area contributed by atoms with E-state index in [1.165, 1.54) is 0 Å². The molecule has 4 nitrogen and oxygen atoms in total. The fourth-order valence-electron chi connectivity index (χ4n) is 2.63. The zero-order valence-electron chi connectivity index (χ0n) is 12.8. The van der Waals surface area contributed by atoms with E-state index in [0.717, 1.165) is 11.3 Å². The molecule has 1 aliphatic heterocycles. The summed E-state index contributed by atoms with van der Waals surface area (Å²) in [5, 5.41) is 0. The van der Waals surface area contributed by atoms with Crippen LogP contribution in [0.2, 0.25) is 0 Å². The number of nitrogens with zero attached hydrogens (tertiary/aromatic N) is 1. The van der Waals surface area contributed by atoms with Crippen molar-refractivity contribution in [1.82, 2.24) is 0 Å². The lowest BCUT2D eigenvalue weighted by atomic mass is 10.1. The number of hydrogen-bond donors (Lipinski definition) is 0. The van der Waals surface area contributed by atoms with Crippen LogP contribution in [0.4, 0.5) is 5.69 Å². The summed E-state index contributed by atoms with van der Waals surface area (Å²) in [5.41, 5.74) is 1.98. The summed E-state index contributed by atoms with van der Waals surface area (Å²) >= 11 is 0. The summed E-state index contributed by atoms with van der Waals surface area (Å²) in [6, 6.07) is 15.3. The van der Waals surface area contributed by atoms with Crippen molar-refractivity contribution >= 4 is 11.6 Å². The van der Waals surface area contributed by atoms with Crippen molar-refractivity contribution in [1.29, 1.82) is 0 Å². The molecule has 0 saturated heterocycles. The molecule has 0 N–H and O–H groups in total. The maximum Gasteiger partial charge on any atom is 0.271 e. The van der Waals surface area contributed by atoms with E-state index >= 15 is 0 Å². The quantitative estimate of drug-likeness (QED) is 0.873. The third-order valence-corrected chi connectivity index (χ3v) is 3.77. The van der Waals surface area contributed by atoms with Gasteiger partial charge < -0.3 is 14.4 Å². The van der Waals surface area contributed by atoms with Crippen molar-refractivity contribution in [3.63, 3.8) is 0 Å². The van der Waals surface area contributed by atoms with Crippen LogP contribution in [-0.2, 0) is 4.79 Å². The van der Waals surface area contributed by atoms with E-state index in [2.05, 4.69) is 0 Å². The molecule has 2 aromatic carbocycles. The molecule has 114 valence electrons. The van der Waals surface area contributed by atoms with E-state index < -0.39 is 6.10 Å². The van der Waals surface area contributed by atoms with Crippen LogP contribution in [0.25, 0.3) is 0 Å². The van der Waals surface area contributed by atoms with Crippen LogP contribution in [0.15, 0.2) is 48.5 Å². The smallest absolute Gasteiger partial charge is 0.271 e. The lowest BCUT2D eigenvalue weighted by Gasteiger charge is -2.30. The van der Waals surface area contributed by atoms with Gasteiger partial charge in [0, 0.05) is 12.2 Å². The number of aryl methyl sites for hydroxylation is 1. The molecule has 0 bridgehead atoms. The van der Waals surface area contributed by atoms with Crippen LogP contribution >= 0.6 is 0 Å². The predicted octanol–water partition coefficient (Wildman–Crippen LogP) is 3.19. The second kappa shape index (κ2) is 6.10. The molecule has 0 spiro atoms. The molecule has 22 heavy (non-hydrogen) atoms. The molecular weight excluding hydrogens is 278 g/mol. The lowest BCUT2D eigenvalue weighted by Crippen LogP contribution is -2.46. The highest BCUT2D eigenvalue weighted by Gasteiger charge is 2.31. The molecule has 0 fully saturated rings. The number of rotatable bonds is 3. The first kappa shape index (κ1) is 14.4. The van der Waals surface area contributed by atoms with Gasteiger partial charge in [-0.2, -0.15) is 0 Å². The molecule has 4 heteroatoms. The predicted molar refractivity (Wildman–Crippen MR) is 85.6 cm³/mol. The molecule has 3 rings (SSSR count). The molecule has 1 amide bonds. The SMILES string of the molecule is CCN(C(=O)[C@H]1COc2ccccc2O1)c1ccccc1C. The topological polar surface area (TPSA) is 38.8 Å². The van der Waals surface area contributed by atoms with E-state index in [0.29, 0.717) is 18.0 Å². The first-order valence-electron chi connectivity index (χ1n) is 7.46. The van der Waals surface area contributed by atoms with Crippen molar-refractivity contribution in [2.24, 2.45) is 0 Å². The Balaban J connectivity index is 1.83. The molecule has 0 unspecified atom stereocenters. The largest absolute Gasteiger partial charge is 0.485 e. The number of hydrogen-bond acceptors (Lipinski definition) is 3. The molecule has 0 saturated carbocycles. The Morgan fingerprint density at radius 3 is 2.55 bits per heavy atom. The van der Waals surface area contributed by atoms with Crippen LogP contribution in [-0.4, -0.2) is 25.2 Å². The summed E-state index contributed by atoms with van der Waals surface area (Å²) < 4.78 is 11.5. The summed E-state index contributed by atoms with van der Waals surface area (Å²) in [6.45, 7) is 4.78. The molecule has 0 aromatic heterocycles. The molecule has 1 aliphatic rings. The minimum absolute atomic E-state index is 0.0775. The number of carbonyl (C=O) groups excluding carboxylic acids is 1. The van der Waals surface area contributed by atoms with E-state index in [1.807, 2.05) is 62.4 Å². The maximum atomic E-state index is 12.8. The zero-order valence-corrected chi connectivity index (χ0v) is 12.8. The second-order valence-corrected chi connectivity index (χ2v) is 5.23. The number of likely N-dealkylation sites (N-methyl/N-ethyl adjacent to an activating group) is 1.